The van der Waals surface area contributed by atoms with Crippen LogP contribution in [0.25, 0.3) is 0 Å². The van der Waals surface area contributed by atoms with Gasteiger partial charge in [0, 0.05) is 45.2 Å². The van der Waals surface area contributed by atoms with Gasteiger partial charge in [-0.2, -0.15) is 0 Å². The lowest BCUT2D eigenvalue weighted by Crippen LogP contribution is -2.47. The molecule has 5 nitrogen and oxygen atoms in total. The number of rotatable bonds is 7. The van der Waals surface area contributed by atoms with Crippen molar-refractivity contribution in [3.63, 3.8) is 0 Å². The van der Waals surface area contributed by atoms with E-state index in [1.54, 1.807) is 0 Å². The Hall–Kier alpha value is -1.16. The summed E-state index contributed by atoms with van der Waals surface area (Å²) in [7, 11) is 3.97. The van der Waals surface area contributed by atoms with Gasteiger partial charge in [-0.1, -0.05) is 35.9 Å². The highest BCUT2D eigenvalue weighted by Gasteiger charge is 2.23. The van der Waals surface area contributed by atoms with Crippen molar-refractivity contribution in [2.45, 2.75) is 19.4 Å². The van der Waals surface area contributed by atoms with E-state index in [1.807, 2.05) is 18.4 Å². The van der Waals surface area contributed by atoms with E-state index >= 15 is 0 Å². The Morgan fingerprint density at radius 1 is 1.24 bits per heavy atom. The summed E-state index contributed by atoms with van der Waals surface area (Å²) in [5, 5.41) is 5.74. The van der Waals surface area contributed by atoms with Gasteiger partial charge in [-0.15, -0.1) is 35.3 Å². The number of nitrogens with one attached hydrogen (secondary N) is 1. The fourth-order valence-electron chi connectivity index (χ4n) is 3.55. The van der Waals surface area contributed by atoms with E-state index in [0.29, 0.717) is 6.04 Å². The number of hydrogen-bond donors (Lipinski definition) is 1. The fraction of sp³-hybridized carbons (Fsp3) is 0.500. The standard InChI is InChI=1S/C22H32N4OS.HI/c1-18-6-8-19(9-7-18)21(26-12-14-27-15-13-26)17-24-22(23-2)25(3)11-10-20-5-4-16-28-20;/h4-9,16,21H,10-15,17H2,1-3H3,(H,23,24);1H. The van der Waals surface area contributed by atoms with E-state index in [0.717, 1.165) is 51.8 Å². The predicted octanol–water partition coefficient (Wildman–Crippen LogP) is 3.80. The fourth-order valence-corrected chi connectivity index (χ4v) is 4.25. The van der Waals surface area contributed by atoms with Crippen molar-refractivity contribution in [3.05, 3.63) is 57.8 Å². The second kappa shape index (κ2) is 12.5. The van der Waals surface area contributed by atoms with Crippen molar-refractivity contribution in [1.29, 1.82) is 0 Å². The van der Waals surface area contributed by atoms with Crippen LogP contribution in [-0.2, 0) is 11.2 Å². The second-order valence-corrected chi connectivity index (χ2v) is 8.29. The Labute approximate surface area is 196 Å². The van der Waals surface area contributed by atoms with Crippen LogP contribution in [0.15, 0.2) is 46.8 Å². The predicted molar refractivity (Wildman–Crippen MR) is 134 cm³/mol. The first-order valence-electron chi connectivity index (χ1n) is 10.00. The first-order valence-corrected chi connectivity index (χ1v) is 10.9. The van der Waals surface area contributed by atoms with E-state index in [4.69, 9.17) is 4.74 Å². The van der Waals surface area contributed by atoms with Crippen LogP contribution in [0.4, 0.5) is 0 Å². The third-order valence-corrected chi connectivity index (χ3v) is 6.19. The van der Waals surface area contributed by atoms with Crippen molar-refractivity contribution in [2.75, 3.05) is 53.5 Å². The van der Waals surface area contributed by atoms with Gasteiger partial charge in [0.1, 0.15) is 0 Å². The first-order chi connectivity index (χ1) is 13.7. The largest absolute Gasteiger partial charge is 0.379 e. The number of likely N-dealkylation sites (N-methyl/N-ethyl adjacent to an activating group) is 1. The van der Waals surface area contributed by atoms with Crippen LogP contribution in [0, 0.1) is 6.92 Å². The zero-order valence-electron chi connectivity index (χ0n) is 17.6. The molecule has 7 heteroatoms. The molecule has 0 aliphatic carbocycles. The molecule has 1 atom stereocenters. The quantitative estimate of drug-likeness (QED) is 0.337. The van der Waals surface area contributed by atoms with Gasteiger partial charge in [0.15, 0.2) is 5.96 Å². The number of halogens is 1. The van der Waals surface area contributed by atoms with Gasteiger partial charge < -0.3 is 15.0 Å². The lowest BCUT2D eigenvalue weighted by atomic mass is 10.0. The number of guanidine groups is 1. The Bertz CT molecular complexity index is 730. The van der Waals surface area contributed by atoms with Gasteiger partial charge >= 0.3 is 0 Å². The SMILES string of the molecule is CN=C(NCC(c1ccc(C)cc1)N1CCOCC1)N(C)CCc1cccs1.I. The van der Waals surface area contributed by atoms with Crippen LogP contribution in [-0.4, -0.2) is 69.2 Å². The maximum Gasteiger partial charge on any atom is 0.193 e. The van der Waals surface area contributed by atoms with E-state index < -0.39 is 0 Å². The summed E-state index contributed by atoms with van der Waals surface area (Å²) in [5.74, 6) is 0.946. The van der Waals surface area contributed by atoms with Crippen LogP contribution in [0.3, 0.4) is 0 Å². The number of hydrogen-bond acceptors (Lipinski definition) is 4. The van der Waals surface area contributed by atoms with E-state index in [-0.39, 0.29) is 24.0 Å². The molecule has 1 fully saturated rings. The number of morpholine rings is 1. The third-order valence-electron chi connectivity index (χ3n) is 5.25. The summed E-state index contributed by atoms with van der Waals surface area (Å²) in [6.07, 6.45) is 1.04. The van der Waals surface area contributed by atoms with E-state index in [1.165, 1.54) is 16.0 Å². The maximum absolute atomic E-state index is 5.56. The molecule has 1 aliphatic rings. The summed E-state index contributed by atoms with van der Waals surface area (Å²) in [4.78, 5) is 10.6. The molecule has 0 spiro atoms. The van der Waals surface area contributed by atoms with Gasteiger partial charge in [-0.3, -0.25) is 9.89 Å². The van der Waals surface area contributed by atoms with Crippen molar-refractivity contribution in [2.24, 2.45) is 4.99 Å². The molecule has 1 aromatic heterocycles. The molecular formula is C22H33IN4OS. The Morgan fingerprint density at radius 2 is 1.97 bits per heavy atom. The summed E-state index contributed by atoms with van der Waals surface area (Å²) in [6, 6.07) is 13.5. The molecule has 1 saturated heterocycles. The summed E-state index contributed by atoms with van der Waals surface area (Å²) >= 11 is 1.81. The number of benzene rings is 1. The van der Waals surface area contributed by atoms with Gasteiger partial charge in [0.25, 0.3) is 0 Å². The van der Waals surface area contributed by atoms with Crippen molar-refractivity contribution in [3.8, 4) is 0 Å². The van der Waals surface area contributed by atoms with Crippen molar-refractivity contribution in [1.82, 2.24) is 15.1 Å². The van der Waals surface area contributed by atoms with Crippen LogP contribution < -0.4 is 5.32 Å². The Morgan fingerprint density at radius 3 is 2.59 bits per heavy atom. The molecule has 0 saturated carbocycles. The molecule has 0 radical (unpaired) electrons. The number of ether oxygens (including phenoxy) is 1. The van der Waals surface area contributed by atoms with Gasteiger partial charge in [-0.25, -0.2) is 0 Å². The minimum absolute atomic E-state index is 0. The average molecular weight is 529 g/mol. The van der Waals surface area contributed by atoms with Gasteiger partial charge in [0.2, 0.25) is 0 Å². The van der Waals surface area contributed by atoms with Crippen molar-refractivity contribution >= 4 is 41.3 Å². The van der Waals surface area contributed by atoms with Gasteiger partial charge in [0.05, 0.1) is 19.3 Å². The summed E-state index contributed by atoms with van der Waals surface area (Å²) < 4.78 is 5.56. The molecule has 2 aromatic rings. The van der Waals surface area contributed by atoms with Crippen LogP contribution in [0.5, 0.6) is 0 Å². The number of nitrogens with zero attached hydrogens (tertiary/aromatic N) is 3. The normalized spacial score (nSPS) is 16.2. The van der Waals surface area contributed by atoms with Crippen molar-refractivity contribution < 1.29 is 4.74 Å². The molecule has 3 rings (SSSR count). The number of thiophene rings is 1. The van der Waals surface area contributed by atoms with Gasteiger partial charge in [-0.05, 0) is 30.4 Å². The number of aryl methyl sites for hydroxylation is 1. The molecule has 0 amide bonds. The Kier molecular flexibility index (Phi) is 10.4. The lowest BCUT2D eigenvalue weighted by Gasteiger charge is -2.35. The minimum atomic E-state index is 0. The highest BCUT2D eigenvalue weighted by molar-refractivity contribution is 14.0. The third kappa shape index (κ3) is 7.24. The zero-order valence-corrected chi connectivity index (χ0v) is 20.8. The monoisotopic (exact) mass is 528 g/mol. The molecule has 2 heterocycles. The summed E-state index contributed by atoms with van der Waals surface area (Å²) in [5.41, 5.74) is 2.64. The maximum atomic E-state index is 5.56. The minimum Gasteiger partial charge on any atom is -0.379 e. The van der Waals surface area contributed by atoms with E-state index in [9.17, 15) is 0 Å². The molecule has 1 unspecified atom stereocenters. The van der Waals surface area contributed by atoms with E-state index in [2.05, 4.69) is 75.9 Å². The lowest BCUT2D eigenvalue weighted by molar-refractivity contribution is 0.0169. The first kappa shape index (κ1) is 24.1. The Balaban J connectivity index is 0.00000300. The highest BCUT2D eigenvalue weighted by atomic mass is 127. The summed E-state index contributed by atoms with van der Waals surface area (Å²) in [6.45, 7) is 7.46. The topological polar surface area (TPSA) is 40.1 Å². The molecule has 29 heavy (non-hydrogen) atoms. The molecule has 1 aliphatic heterocycles. The average Bonchev–Trinajstić information content (AvgIpc) is 3.25. The smallest absolute Gasteiger partial charge is 0.193 e. The number of aliphatic imine (C=N–C) groups is 1. The van der Waals surface area contributed by atoms with Crippen LogP contribution in [0.2, 0.25) is 0 Å². The molecular weight excluding hydrogens is 495 g/mol. The molecule has 1 aromatic carbocycles. The highest BCUT2D eigenvalue weighted by Crippen LogP contribution is 2.22. The molecule has 1 N–H and O–H groups in total. The van der Waals surface area contributed by atoms with Crippen LogP contribution >= 0.6 is 35.3 Å². The second-order valence-electron chi connectivity index (χ2n) is 7.25. The molecule has 0 bridgehead atoms. The molecule has 160 valence electrons. The van der Waals surface area contributed by atoms with Crippen LogP contribution in [0.1, 0.15) is 22.0 Å². The zero-order chi connectivity index (χ0) is 19.8.